The molecule has 4 heteroatoms. The largest absolute Gasteiger partial charge is 0.362 e. The Morgan fingerprint density at radius 1 is 1.14 bits per heavy atom. The minimum Gasteiger partial charge on any atom is -0.362 e. The SMILES string of the molecule is Cc1cccc(CCCNC(=S)Nc2ccccc2F)c1. The molecule has 0 aliphatic rings. The topological polar surface area (TPSA) is 24.1 Å². The lowest BCUT2D eigenvalue weighted by molar-refractivity contribution is 0.632. The lowest BCUT2D eigenvalue weighted by Crippen LogP contribution is -2.29. The van der Waals surface area contributed by atoms with E-state index in [-0.39, 0.29) is 5.82 Å². The summed E-state index contributed by atoms with van der Waals surface area (Å²) in [5, 5.41) is 6.41. The number of hydrogen-bond acceptors (Lipinski definition) is 1. The number of para-hydroxylation sites is 1. The first kappa shape index (κ1) is 15.4. The van der Waals surface area contributed by atoms with Crippen molar-refractivity contribution in [2.45, 2.75) is 19.8 Å². The first-order valence-corrected chi connectivity index (χ1v) is 7.41. The summed E-state index contributed by atoms with van der Waals surface area (Å²) in [6.07, 6.45) is 1.97. The summed E-state index contributed by atoms with van der Waals surface area (Å²) in [6.45, 7) is 2.85. The molecule has 0 aliphatic carbocycles. The van der Waals surface area contributed by atoms with Crippen LogP contribution in [0.15, 0.2) is 48.5 Å². The van der Waals surface area contributed by atoms with E-state index >= 15 is 0 Å². The third-order valence-electron chi connectivity index (χ3n) is 3.13. The number of hydrogen-bond donors (Lipinski definition) is 2. The van der Waals surface area contributed by atoms with Crippen LogP contribution in [0.4, 0.5) is 10.1 Å². The zero-order valence-electron chi connectivity index (χ0n) is 12.0. The molecule has 2 nitrogen and oxygen atoms in total. The van der Waals surface area contributed by atoms with Gasteiger partial charge >= 0.3 is 0 Å². The summed E-state index contributed by atoms with van der Waals surface area (Å²) in [7, 11) is 0. The predicted molar refractivity (Wildman–Crippen MR) is 90.1 cm³/mol. The molecule has 0 bridgehead atoms. The molecule has 0 aliphatic heterocycles. The van der Waals surface area contributed by atoms with E-state index in [1.807, 2.05) is 0 Å². The smallest absolute Gasteiger partial charge is 0.170 e. The lowest BCUT2D eigenvalue weighted by Gasteiger charge is -2.11. The molecule has 0 unspecified atom stereocenters. The third-order valence-corrected chi connectivity index (χ3v) is 3.38. The summed E-state index contributed by atoms with van der Waals surface area (Å²) in [6, 6.07) is 15.0. The highest BCUT2D eigenvalue weighted by molar-refractivity contribution is 7.80. The van der Waals surface area contributed by atoms with Crippen molar-refractivity contribution in [2.24, 2.45) is 0 Å². The van der Waals surface area contributed by atoms with Crippen molar-refractivity contribution >= 4 is 23.0 Å². The van der Waals surface area contributed by atoms with Crippen molar-refractivity contribution < 1.29 is 4.39 Å². The Balaban J connectivity index is 1.71. The van der Waals surface area contributed by atoms with Crippen molar-refractivity contribution in [3.8, 4) is 0 Å². The van der Waals surface area contributed by atoms with Crippen molar-refractivity contribution in [1.82, 2.24) is 5.32 Å². The molecular weight excluding hydrogens is 283 g/mol. The number of benzene rings is 2. The van der Waals surface area contributed by atoms with Gasteiger partial charge in [-0.25, -0.2) is 4.39 Å². The van der Waals surface area contributed by atoms with Crippen LogP contribution < -0.4 is 10.6 Å². The number of anilines is 1. The Hall–Kier alpha value is -1.94. The molecule has 2 rings (SSSR count). The molecule has 21 heavy (non-hydrogen) atoms. The summed E-state index contributed by atoms with van der Waals surface area (Å²) >= 11 is 5.16. The van der Waals surface area contributed by atoms with E-state index in [0.29, 0.717) is 10.8 Å². The average Bonchev–Trinajstić information content (AvgIpc) is 2.46. The molecule has 0 radical (unpaired) electrons. The molecule has 0 saturated carbocycles. The summed E-state index contributed by atoms with van der Waals surface area (Å²) in [5.41, 5.74) is 3.00. The average molecular weight is 302 g/mol. The molecule has 0 spiro atoms. The highest BCUT2D eigenvalue weighted by atomic mass is 32.1. The van der Waals surface area contributed by atoms with E-state index in [4.69, 9.17) is 12.2 Å². The van der Waals surface area contributed by atoms with Gasteiger partial charge in [0.05, 0.1) is 5.69 Å². The van der Waals surface area contributed by atoms with Crippen LogP contribution in [0.5, 0.6) is 0 Å². The third kappa shape index (κ3) is 5.16. The van der Waals surface area contributed by atoms with Gasteiger partial charge in [-0.15, -0.1) is 0 Å². The Morgan fingerprint density at radius 3 is 2.71 bits per heavy atom. The molecule has 0 atom stereocenters. The molecule has 0 saturated heterocycles. The molecule has 0 heterocycles. The highest BCUT2D eigenvalue weighted by Crippen LogP contribution is 2.12. The minimum absolute atomic E-state index is 0.304. The number of rotatable bonds is 5. The standard InChI is InChI=1S/C17H19FN2S/c1-13-6-4-7-14(12-13)8-5-11-19-17(21)20-16-10-3-2-9-15(16)18/h2-4,6-7,9-10,12H,5,8,11H2,1H3,(H2,19,20,21). The fourth-order valence-electron chi connectivity index (χ4n) is 2.09. The molecule has 110 valence electrons. The maximum absolute atomic E-state index is 13.4. The van der Waals surface area contributed by atoms with E-state index in [2.05, 4.69) is 41.8 Å². The molecular formula is C17H19FN2S. The molecule has 2 aromatic rings. The van der Waals surface area contributed by atoms with Gasteiger partial charge in [-0.3, -0.25) is 0 Å². The van der Waals surface area contributed by atoms with Crippen molar-refractivity contribution in [1.29, 1.82) is 0 Å². The second kappa shape index (κ2) is 7.74. The maximum atomic E-state index is 13.4. The van der Waals surface area contributed by atoms with Gasteiger partial charge in [-0.05, 0) is 49.7 Å². The van der Waals surface area contributed by atoms with Crippen molar-refractivity contribution in [3.05, 3.63) is 65.5 Å². The van der Waals surface area contributed by atoms with Gasteiger partial charge in [0.25, 0.3) is 0 Å². The van der Waals surface area contributed by atoms with Crippen molar-refractivity contribution in [3.63, 3.8) is 0 Å². The quantitative estimate of drug-likeness (QED) is 0.643. The van der Waals surface area contributed by atoms with Gasteiger partial charge in [0.15, 0.2) is 5.11 Å². The molecule has 0 amide bonds. The van der Waals surface area contributed by atoms with E-state index < -0.39 is 0 Å². The van der Waals surface area contributed by atoms with Crippen LogP contribution in [0, 0.1) is 12.7 Å². The van der Waals surface area contributed by atoms with E-state index in [1.165, 1.54) is 17.2 Å². The Labute approximate surface area is 130 Å². The van der Waals surface area contributed by atoms with Crippen LogP contribution in [-0.4, -0.2) is 11.7 Å². The van der Waals surface area contributed by atoms with Crippen LogP contribution in [-0.2, 0) is 6.42 Å². The maximum Gasteiger partial charge on any atom is 0.170 e. The minimum atomic E-state index is -0.304. The second-order valence-electron chi connectivity index (χ2n) is 4.95. The van der Waals surface area contributed by atoms with Gasteiger partial charge in [0, 0.05) is 6.54 Å². The van der Waals surface area contributed by atoms with Gasteiger partial charge < -0.3 is 10.6 Å². The second-order valence-corrected chi connectivity index (χ2v) is 5.36. The first-order chi connectivity index (χ1) is 10.1. The fraction of sp³-hybridized carbons (Fsp3) is 0.235. The van der Waals surface area contributed by atoms with Gasteiger partial charge in [0.2, 0.25) is 0 Å². The van der Waals surface area contributed by atoms with Crippen molar-refractivity contribution in [2.75, 3.05) is 11.9 Å². The zero-order valence-corrected chi connectivity index (χ0v) is 12.8. The van der Waals surface area contributed by atoms with Crippen LogP contribution in [0.3, 0.4) is 0 Å². The van der Waals surface area contributed by atoms with Gasteiger partial charge in [-0.2, -0.15) is 0 Å². The monoisotopic (exact) mass is 302 g/mol. The summed E-state index contributed by atoms with van der Waals surface area (Å²) in [5.74, 6) is -0.304. The first-order valence-electron chi connectivity index (χ1n) is 7.00. The molecule has 2 N–H and O–H groups in total. The van der Waals surface area contributed by atoms with Crippen LogP contribution >= 0.6 is 12.2 Å². The summed E-state index contributed by atoms with van der Waals surface area (Å²) < 4.78 is 13.4. The van der Waals surface area contributed by atoms with Gasteiger partial charge in [0.1, 0.15) is 5.82 Å². The molecule has 0 aromatic heterocycles. The predicted octanol–water partition coefficient (Wildman–Crippen LogP) is 4.05. The number of halogens is 1. The molecule has 0 fully saturated rings. The summed E-state index contributed by atoms with van der Waals surface area (Å²) in [4.78, 5) is 0. The molecule has 2 aromatic carbocycles. The normalized spacial score (nSPS) is 10.2. The highest BCUT2D eigenvalue weighted by Gasteiger charge is 2.02. The van der Waals surface area contributed by atoms with E-state index in [0.717, 1.165) is 19.4 Å². The Kier molecular flexibility index (Phi) is 5.69. The van der Waals surface area contributed by atoms with E-state index in [9.17, 15) is 4.39 Å². The van der Waals surface area contributed by atoms with Crippen LogP contribution in [0.2, 0.25) is 0 Å². The van der Waals surface area contributed by atoms with Crippen LogP contribution in [0.25, 0.3) is 0 Å². The Bertz CT molecular complexity index is 613. The van der Waals surface area contributed by atoms with Gasteiger partial charge in [-0.1, -0.05) is 42.0 Å². The zero-order chi connectivity index (χ0) is 15.1. The van der Waals surface area contributed by atoms with Crippen LogP contribution in [0.1, 0.15) is 17.5 Å². The fourth-order valence-corrected chi connectivity index (χ4v) is 2.30. The number of nitrogens with one attached hydrogen (secondary N) is 2. The number of thiocarbonyl (C=S) groups is 1. The Morgan fingerprint density at radius 2 is 1.95 bits per heavy atom. The number of aryl methyl sites for hydroxylation is 2. The van der Waals surface area contributed by atoms with E-state index in [1.54, 1.807) is 18.2 Å². The lowest BCUT2D eigenvalue weighted by atomic mass is 10.1.